The highest BCUT2D eigenvalue weighted by molar-refractivity contribution is 7.86. The van der Waals surface area contributed by atoms with Crippen LogP contribution in [0, 0.1) is 0 Å². The summed E-state index contributed by atoms with van der Waals surface area (Å²) in [7, 11) is -8.78. The molecule has 0 aliphatic rings. The van der Waals surface area contributed by atoms with Crippen LogP contribution >= 0.6 is 0 Å². The normalized spacial score (nSPS) is 12.1. The molecule has 0 unspecified atom stereocenters. The largest absolute Gasteiger partial charge is 0.323 e. The third kappa shape index (κ3) is 4.41. The summed E-state index contributed by atoms with van der Waals surface area (Å²) in [5.41, 5.74) is 0.772. The fourth-order valence-corrected chi connectivity index (χ4v) is 4.84. The third-order valence-electron chi connectivity index (χ3n) is 4.75. The maximum absolute atomic E-state index is 12.4. The lowest BCUT2D eigenvalue weighted by molar-refractivity contribution is 0.262. The van der Waals surface area contributed by atoms with Gasteiger partial charge in [0.05, 0.1) is 0 Å². The number of anilines is 2. The quantitative estimate of drug-likeness (QED) is 0.326. The number of carbonyl (C=O) groups excluding carboxylic acids is 1. The molecule has 0 aromatic heterocycles. The fourth-order valence-electron chi connectivity index (χ4n) is 3.41. The Morgan fingerprint density at radius 2 is 1.03 bits per heavy atom. The summed E-state index contributed by atoms with van der Waals surface area (Å²) in [4.78, 5) is 12.0. The first kappa shape index (κ1) is 21.7. The summed E-state index contributed by atoms with van der Waals surface area (Å²) < 4.78 is 64.7. The molecule has 9 nitrogen and oxygen atoms in total. The summed E-state index contributed by atoms with van der Waals surface area (Å²) in [6.45, 7) is 0. The van der Waals surface area contributed by atoms with E-state index in [1.54, 1.807) is 24.3 Å². The minimum atomic E-state index is -4.39. The molecule has 4 aromatic carbocycles. The van der Waals surface area contributed by atoms with E-state index in [4.69, 9.17) is 0 Å². The molecule has 4 aromatic rings. The Balaban J connectivity index is 1.57. The highest BCUT2D eigenvalue weighted by Crippen LogP contribution is 2.27. The molecule has 0 saturated heterocycles. The van der Waals surface area contributed by atoms with E-state index in [1.807, 2.05) is 0 Å². The zero-order valence-corrected chi connectivity index (χ0v) is 17.8. The van der Waals surface area contributed by atoms with E-state index in [0.717, 1.165) is 0 Å². The molecule has 0 heterocycles. The van der Waals surface area contributed by atoms with Gasteiger partial charge in [-0.2, -0.15) is 16.8 Å². The van der Waals surface area contributed by atoms with Crippen LogP contribution in [0.2, 0.25) is 0 Å². The maximum Gasteiger partial charge on any atom is 0.323 e. The van der Waals surface area contributed by atoms with Crippen molar-refractivity contribution in [3.05, 3.63) is 72.8 Å². The average molecular weight is 473 g/mol. The van der Waals surface area contributed by atoms with Crippen molar-refractivity contribution in [1.29, 1.82) is 0 Å². The molecule has 11 heteroatoms. The fraction of sp³-hybridized carbons (Fsp3) is 0. The van der Waals surface area contributed by atoms with Gasteiger partial charge in [-0.15, -0.1) is 0 Å². The van der Waals surface area contributed by atoms with Crippen LogP contribution < -0.4 is 10.6 Å². The van der Waals surface area contributed by atoms with Gasteiger partial charge < -0.3 is 10.6 Å². The van der Waals surface area contributed by atoms with Gasteiger partial charge in [-0.3, -0.25) is 9.11 Å². The van der Waals surface area contributed by atoms with Gasteiger partial charge in [-0.05, 0) is 47.2 Å². The lowest BCUT2D eigenvalue weighted by Gasteiger charge is -2.11. The number of benzene rings is 4. The lowest BCUT2D eigenvalue weighted by Crippen LogP contribution is -2.19. The van der Waals surface area contributed by atoms with E-state index in [9.17, 15) is 30.7 Å². The minimum absolute atomic E-state index is 0.230. The van der Waals surface area contributed by atoms with Gasteiger partial charge in [-0.25, -0.2) is 4.79 Å². The number of hydrogen-bond donors (Lipinski definition) is 4. The first-order valence-corrected chi connectivity index (χ1v) is 12.0. The van der Waals surface area contributed by atoms with Crippen LogP contribution in [-0.4, -0.2) is 32.0 Å². The van der Waals surface area contributed by atoms with Crippen molar-refractivity contribution in [2.24, 2.45) is 0 Å². The van der Waals surface area contributed by atoms with Crippen LogP contribution in [0.4, 0.5) is 16.2 Å². The van der Waals surface area contributed by atoms with Crippen molar-refractivity contribution in [2.45, 2.75) is 9.79 Å². The number of nitrogens with one attached hydrogen (secondary N) is 2. The van der Waals surface area contributed by atoms with E-state index < -0.39 is 26.3 Å². The predicted octanol–water partition coefficient (Wildman–Crippen LogP) is 4.13. The van der Waals surface area contributed by atoms with E-state index in [0.29, 0.717) is 32.9 Å². The second-order valence-electron chi connectivity index (χ2n) is 6.91. The molecular formula is C21H16N2O7S2. The van der Waals surface area contributed by atoms with Gasteiger partial charge >= 0.3 is 6.03 Å². The molecule has 0 fully saturated rings. The van der Waals surface area contributed by atoms with Crippen molar-refractivity contribution in [3.8, 4) is 0 Å². The predicted molar refractivity (Wildman–Crippen MR) is 120 cm³/mol. The molecule has 0 saturated carbocycles. The number of hydrogen-bond acceptors (Lipinski definition) is 5. The molecule has 0 atom stereocenters. The Hall–Kier alpha value is -3.51. The van der Waals surface area contributed by atoms with Crippen LogP contribution in [0.1, 0.15) is 0 Å². The number of amides is 2. The number of carbonyl (C=O) groups is 1. The standard InChI is InChI=1S/C21H16N2O7S2/c24-21(22-15-7-9-17-13(11-15)3-1-5-19(17)31(25,26)27)23-16-8-10-18-14(12-16)4-2-6-20(18)32(28,29)30/h1-12H,(H2,22,23,24)(H,25,26,27)(H,28,29,30). The smallest absolute Gasteiger partial charge is 0.308 e. The van der Waals surface area contributed by atoms with E-state index >= 15 is 0 Å². The van der Waals surface area contributed by atoms with Crippen molar-refractivity contribution < 1.29 is 30.7 Å². The molecule has 0 radical (unpaired) electrons. The Morgan fingerprint density at radius 3 is 1.41 bits per heavy atom. The van der Waals surface area contributed by atoms with Crippen LogP contribution in [0.3, 0.4) is 0 Å². The Kier molecular flexibility index (Phi) is 5.34. The van der Waals surface area contributed by atoms with Crippen molar-refractivity contribution in [1.82, 2.24) is 0 Å². The van der Waals surface area contributed by atoms with Gasteiger partial charge in [-0.1, -0.05) is 36.4 Å². The monoisotopic (exact) mass is 472 g/mol. The van der Waals surface area contributed by atoms with Crippen molar-refractivity contribution >= 4 is 59.2 Å². The average Bonchev–Trinajstić information content (AvgIpc) is 2.71. The summed E-state index contributed by atoms with van der Waals surface area (Å²) in [5.74, 6) is 0. The molecule has 0 aliphatic heterocycles. The van der Waals surface area contributed by atoms with Crippen LogP contribution in [-0.2, 0) is 20.2 Å². The van der Waals surface area contributed by atoms with Crippen molar-refractivity contribution in [3.63, 3.8) is 0 Å². The van der Waals surface area contributed by atoms with Crippen LogP contribution in [0.15, 0.2) is 82.6 Å². The van der Waals surface area contributed by atoms with Gasteiger partial charge in [0.1, 0.15) is 9.79 Å². The van der Waals surface area contributed by atoms with Crippen LogP contribution in [0.5, 0.6) is 0 Å². The summed E-state index contributed by atoms with van der Waals surface area (Å²) in [6, 6.07) is 17.3. The molecule has 2 amide bonds. The topological polar surface area (TPSA) is 150 Å². The Bertz CT molecular complexity index is 1480. The molecular weight excluding hydrogens is 456 g/mol. The van der Waals surface area contributed by atoms with E-state index in [-0.39, 0.29) is 9.79 Å². The maximum atomic E-state index is 12.4. The molecule has 0 bridgehead atoms. The van der Waals surface area contributed by atoms with Crippen LogP contribution in [0.25, 0.3) is 21.5 Å². The lowest BCUT2D eigenvalue weighted by atomic mass is 10.1. The highest BCUT2D eigenvalue weighted by Gasteiger charge is 2.15. The van der Waals surface area contributed by atoms with E-state index in [2.05, 4.69) is 10.6 Å². The first-order chi connectivity index (χ1) is 15.0. The number of urea groups is 1. The summed E-state index contributed by atoms with van der Waals surface area (Å²) in [5, 5.41) is 6.88. The zero-order chi connectivity index (χ0) is 23.1. The number of fused-ring (bicyclic) bond motifs is 2. The van der Waals surface area contributed by atoms with Gasteiger partial charge in [0.25, 0.3) is 20.2 Å². The second-order valence-corrected chi connectivity index (χ2v) is 9.69. The molecule has 4 N–H and O–H groups in total. The Labute approximate surface area is 183 Å². The molecule has 0 aliphatic carbocycles. The minimum Gasteiger partial charge on any atom is -0.308 e. The van der Waals surface area contributed by atoms with Gasteiger partial charge in [0, 0.05) is 22.1 Å². The van der Waals surface area contributed by atoms with Gasteiger partial charge in [0.15, 0.2) is 0 Å². The summed E-state index contributed by atoms with van der Waals surface area (Å²) in [6.07, 6.45) is 0. The zero-order valence-electron chi connectivity index (χ0n) is 16.2. The first-order valence-electron chi connectivity index (χ1n) is 9.11. The highest BCUT2D eigenvalue weighted by atomic mass is 32.2. The second kappa shape index (κ2) is 7.88. The van der Waals surface area contributed by atoms with E-state index in [1.165, 1.54) is 48.5 Å². The third-order valence-corrected chi connectivity index (χ3v) is 6.58. The molecule has 32 heavy (non-hydrogen) atoms. The Morgan fingerprint density at radius 1 is 0.625 bits per heavy atom. The molecule has 164 valence electrons. The SMILES string of the molecule is O=C(Nc1ccc2c(S(=O)(=O)O)cccc2c1)Nc1ccc2c(S(=O)(=O)O)cccc2c1. The molecule has 0 spiro atoms. The molecule has 4 rings (SSSR count). The number of rotatable bonds is 4. The van der Waals surface area contributed by atoms with Crippen molar-refractivity contribution in [2.75, 3.05) is 10.6 Å². The summed E-state index contributed by atoms with van der Waals surface area (Å²) >= 11 is 0. The van der Waals surface area contributed by atoms with Gasteiger partial charge in [0.2, 0.25) is 0 Å².